The third-order valence-corrected chi connectivity index (χ3v) is 2.72. The van der Waals surface area contributed by atoms with Crippen LogP contribution in [0.1, 0.15) is 29.8 Å². The largest absolute Gasteiger partial charge is 0.507 e. The van der Waals surface area contributed by atoms with Crippen molar-refractivity contribution in [3.05, 3.63) is 29.3 Å². The number of hydrogen-bond acceptors (Lipinski definition) is 5. The van der Waals surface area contributed by atoms with Crippen LogP contribution in [0, 0.1) is 12.8 Å². The second kappa shape index (κ2) is 8.02. The summed E-state index contributed by atoms with van der Waals surface area (Å²) in [4.78, 5) is 34.6. The normalized spacial score (nSPS) is 10.2. The number of esters is 1. The fraction of sp³-hybridized carbons (Fsp3) is 0.400. The standard InChI is InChI=1S/C15H20N2O5/c1-9(2)7-16-15(21)17-12(18)8-22-14(20)11-6-4-5-10(3)13(11)19/h4-6,9,19H,7-8H2,1-3H3,(H2,16,17,18,21). The summed E-state index contributed by atoms with van der Waals surface area (Å²) in [5.74, 6) is -1.52. The molecule has 120 valence electrons. The van der Waals surface area contributed by atoms with Gasteiger partial charge in [0.15, 0.2) is 6.61 Å². The van der Waals surface area contributed by atoms with Gasteiger partial charge in [-0.05, 0) is 24.5 Å². The molecule has 3 N–H and O–H groups in total. The molecule has 0 atom stereocenters. The number of phenols is 1. The van der Waals surface area contributed by atoms with E-state index in [0.29, 0.717) is 12.1 Å². The number of hydrogen-bond donors (Lipinski definition) is 3. The number of phenolic OH excluding ortho intramolecular Hbond substituents is 1. The SMILES string of the molecule is Cc1cccc(C(=O)OCC(=O)NC(=O)NCC(C)C)c1O. The molecule has 1 aromatic carbocycles. The first kappa shape index (κ1) is 17.5. The van der Waals surface area contributed by atoms with Crippen LogP contribution in [0.3, 0.4) is 0 Å². The molecule has 0 saturated carbocycles. The third kappa shape index (κ3) is 5.43. The minimum Gasteiger partial charge on any atom is -0.507 e. The number of aryl methyl sites for hydroxylation is 1. The van der Waals surface area contributed by atoms with Crippen molar-refractivity contribution in [2.75, 3.05) is 13.2 Å². The Labute approximate surface area is 128 Å². The van der Waals surface area contributed by atoms with Crippen molar-refractivity contribution in [2.24, 2.45) is 5.92 Å². The second-order valence-corrected chi connectivity index (χ2v) is 5.20. The summed E-state index contributed by atoms with van der Waals surface area (Å²) in [6.07, 6.45) is 0. The molecule has 0 unspecified atom stereocenters. The number of ether oxygens (including phenoxy) is 1. The van der Waals surface area contributed by atoms with Crippen LogP contribution in [0.15, 0.2) is 18.2 Å². The van der Waals surface area contributed by atoms with Gasteiger partial charge in [0.1, 0.15) is 11.3 Å². The zero-order valence-electron chi connectivity index (χ0n) is 12.8. The van der Waals surface area contributed by atoms with E-state index < -0.39 is 24.5 Å². The van der Waals surface area contributed by atoms with Crippen LogP contribution in [-0.4, -0.2) is 36.2 Å². The number of nitrogens with one attached hydrogen (secondary N) is 2. The summed E-state index contributed by atoms with van der Waals surface area (Å²) >= 11 is 0. The molecule has 1 aromatic rings. The molecule has 0 spiro atoms. The van der Waals surface area contributed by atoms with E-state index in [0.717, 1.165) is 0 Å². The molecule has 3 amide bonds. The van der Waals surface area contributed by atoms with E-state index in [1.165, 1.54) is 6.07 Å². The first-order valence-electron chi connectivity index (χ1n) is 6.84. The van der Waals surface area contributed by atoms with Gasteiger partial charge in [-0.3, -0.25) is 10.1 Å². The third-order valence-electron chi connectivity index (χ3n) is 2.72. The van der Waals surface area contributed by atoms with Gasteiger partial charge in [0.25, 0.3) is 5.91 Å². The summed E-state index contributed by atoms with van der Waals surface area (Å²) < 4.78 is 4.76. The Morgan fingerprint density at radius 2 is 1.95 bits per heavy atom. The summed E-state index contributed by atoms with van der Waals surface area (Å²) in [6, 6.07) is 3.97. The number of urea groups is 1. The van der Waals surface area contributed by atoms with Gasteiger partial charge in [0, 0.05) is 6.54 Å². The smallest absolute Gasteiger partial charge is 0.342 e. The van der Waals surface area contributed by atoms with Crippen LogP contribution in [-0.2, 0) is 9.53 Å². The van der Waals surface area contributed by atoms with Crippen molar-refractivity contribution in [3.8, 4) is 5.75 Å². The van der Waals surface area contributed by atoms with Crippen LogP contribution in [0.2, 0.25) is 0 Å². The van der Waals surface area contributed by atoms with E-state index in [4.69, 9.17) is 4.74 Å². The molecule has 1 rings (SSSR count). The molecular formula is C15H20N2O5. The van der Waals surface area contributed by atoms with Gasteiger partial charge in [0.2, 0.25) is 0 Å². The molecule has 0 saturated heterocycles. The number of imide groups is 1. The summed E-state index contributed by atoms with van der Waals surface area (Å²) in [7, 11) is 0. The summed E-state index contributed by atoms with van der Waals surface area (Å²) in [5.41, 5.74) is 0.490. The topological polar surface area (TPSA) is 105 Å². The Morgan fingerprint density at radius 1 is 1.27 bits per heavy atom. The van der Waals surface area contributed by atoms with E-state index in [2.05, 4.69) is 5.32 Å². The highest BCUT2D eigenvalue weighted by molar-refractivity contribution is 5.97. The van der Waals surface area contributed by atoms with Crippen LogP contribution in [0.25, 0.3) is 0 Å². The number of rotatable bonds is 5. The number of benzene rings is 1. The number of carbonyl (C=O) groups is 3. The monoisotopic (exact) mass is 308 g/mol. The average molecular weight is 308 g/mol. The molecule has 0 bridgehead atoms. The van der Waals surface area contributed by atoms with Crippen LogP contribution >= 0.6 is 0 Å². The van der Waals surface area contributed by atoms with Crippen molar-refractivity contribution in [3.63, 3.8) is 0 Å². The van der Waals surface area contributed by atoms with Crippen molar-refractivity contribution < 1.29 is 24.2 Å². The Balaban J connectivity index is 2.45. The van der Waals surface area contributed by atoms with Crippen LogP contribution in [0.4, 0.5) is 4.79 Å². The predicted molar refractivity (Wildman–Crippen MR) is 79.5 cm³/mol. The molecule has 0 radical (unpaired) electrons. The van der Waals surface area contributed by atoms with Crippen molar-refractivity contribution in [1.82, 2.24) is 10.6 Å². The van der Waals surface area contributed by atoms with E-state index >= 15 is 0 Å². The zero-order valence-corrected chi connectivity index (χ0v) is 12.8. The number of para-hydroxylation sites is 1. The van der Waals surface area contributed by atoms with Gasteiger partial charge < -0.3 is 15.2 Å². The van der Waals surface area contributed by atoms with Gasteiger partial charge >= 0.3 is 12.0 Å². The van der Waals surface area contributed by atoms with Crippen LogP contribution < -0.4 is 10.6 Å². The summed E-state index contributed by atoms with van der Waals surface area (Å²) in [6.45, 7) is 5.28. The highest BCUT2D eigenvalue weighted by Crippen LogP contribution is 2.21. The Kier molecular flexibility index (Phi) is 6.37. The Bertz CT molecular complexity index is 569. The number of aromatic hydroxyl groups is 1. The quantitative estimate of drug-likeness (QED) is 0.712. The summed E-state index contributed by atoms with van der Waals surface area (Å²) in [5, 5.41) is 14.3. The van der Waals surface area contributed by atoms with Gasteiger partial charge in [-0.15, -0.1) is 0 Å². The van der Waals surface area contributed by atoms with Crippen LogP contribution in [0.5, 0.6) is 5.75 Å². The van der Waals surface area contributed by atoms with Gasteiger partial charge in [-0.2, -0.15) is 0 Å². The van der Waals surface area contributed by atoms with E-state index in [1.807, 2.05) is 19.2 Å². The molecular weight excluding hydrogens is 288 g/mol. The molecule has 7 nitrogen and oxygen atoms in total. The maximum Gasteiger partial charge on any atom is 0.342 e. The fourth-order valence-corrected chi connectivity index (χ4v) is 1.54. The maximum absolute atomic E-state index is 11.8. The minimum atomic E-state index is -0.834. The average Bonchev–Trinajstić information content (AvgIpc) is 2.45. The minimum absolute atomic E-state index is 0.0305. The lowest BCUT2D eigenvalue weighted by Gasteiger charge is -2.09. The predicted octanol–water partition coefficient (Wildman–Crippen LogP) is 1.34. The Morgan fingerprint density at radius 3 is 2.59 bits per heavy atom. The lowest BCUT2D eigenvalue weighted by molar-refractivity contribution is -0.123. The fourth-order valence-electron chi connectivity index (χ4n) is 1.54. The Hall–Kier alpha value is -2.57. The lowest BCUT2D eigenvalue weighted by Crippen LogP contribution is -2.42. The number of amides is 3. The van der Waals surface area contributed by atoms with Gasteiger partial charge in [-0.25, -0.2) is 9.59 Å². The van der Waals surface area contributed by atoms with E-state index in [-0.39, 0.29) is 17.2 Å². The van der Waals surface area contributed by atoms with Crippen molar-refractivity contribution >= 4 is 17.9 Å². The molecule has 0 aliphatic rings. The first-order valence-corrected chi connectivity index (χ1v) is 6.84. The highest BCUT2D eigenvalue weighted by Gasteiger charge is 2.16. The molecule has 0 fully saturated rings. The first-order chi connectivity index (χ1) is 10.3. The highest BCUT2D eigenvalue weighted by atomic mass is 16.5. The van der Waals surface area contributed by atoms with E-state index in [1.54, 1.807) is 19.1 Å². The van der Waals surface area contributed by atoms with Gasteiger partial charge in [-0.1, -0.05) is 26.0 Å². The molecule has 0 aromatic heterocycles. The molecule has 0 aliphatic heterocycles. The molecule has 0 aliphatic carbocycles. The maximum atomic E-state index is 11.8. The number of carbonyl (C=O) groups excluding carboxylic acids is 3. The van der Waals surface area contributed by atoms with Gasteiger partial charge in [0.05, 0.1) is 0 Å². The lowest BCUT2D eigenvalue weighted by atomic mass is 10.1. The van der Waals surface area contributed by atoms with E-state index in [9.17, 15) is 19.5 Å². The molecule has 22 heavy (non-hydrogen) atoms. The van der Waals surface area contributed by atoms with Crippen molar-refractivity contribution in [1.29, 1.82) is 0 Å². The molecule has 0 heterocycles. The zero-order chi connectivity index (χ0) is 16.7. The van der Waals surface area contributed by atoms with Crippen molar-refractivity contribution in [2.45, 2.75) is 20.8 Å². The second-order valence-electron chi connectivity index (χ2n) is 5.20. The molecule has 7 heteroatoms.